The molecule has 0 aromatic heterocycles. The first kappa shape index (κ1) is 9.53. The largest absolute Gasteiger partial charge is 0.384 e. The molecule has 76 valence electrons. The van der Waals surface area contributed by atoms with E-state index in [9.17, 15) is 0 Å². The minimum absolute atomic E-state index is 0.267. The van der Waals surface area contributed by atoms with Crippen LogP contribution < -0.4 is 10.6 Å². The molecule has 2 nitrogen and oxygen atoms in total. The maximum atomic E-state index is 3.46. The molecule has 0 bridgehead atoms. The monoisotopic (exact) mass is 190 g/mol. The van der Waals surface area contributed by atoms with Crippen LogP contribution in [0.3, 0.4) is 0 Å². The molecule has 0 saturated carbocycles. The fraction of sp³-hybridized carbons (Fsp3) is 0.500. The average Bonchev–Trinajstić information content (AvgIpc) is 2.44. The summed E-state index contributed by atoms with van der Waals surface area (Å²) in [5.41, 5.74) is 4.47. The van der Waals surface area contributed by atoms with Gasteiger partial charge in [-0.3, -0.25) is 0 Å². The SMILES string of the molecule is CNCc1cccc2c1C(C)(C)CN2. The zero-order chi connectivity index (χ0) is 10.2. The highest BCUT2D eigenvalue weighted by Gasteiger charge is 2.31. The third kappa shape index (κ3) is 1.40. The summed E-state index contributed by atoms with van der Waals surface area (Å²) in [5, 5.41) is 6.69. The van der Waals surface area contributed by atoms with Gasteiger partial charge >= 0.3 is 0 Å². The molecule has 14 heavy (non-hydrogen) atoms. The van der Waals surface area contributed by atoms with E-state index in [2.05, 4.69) is 42.7 Å². The number of nitrogens with one attached hydrogen (secondary N) is 2. The maximum absolute atomic E-state index is 3.46. The molecule has 1 aliphatic rings. The van der Waals surface area contributed by atoms with Crippen LogP contribution in [-0.2, 0) is 12.0 Å². The lowest BCUT2D eigenvalue weighted by Gasteiger charge is -2.20. The normalized spacial score (nSPS) is 17.6. The Kier molecular flexibility index (Phi) is 2.23. The molecule has 0 fully saturated rings. The van der Waals surface area contributed by atoms with E-state index in [1.807, 2.05) is 7.05 Å². The Morgan fingerprint density at radius 3 is 2.93 bits per heavy atom. The molecular weight excluding hydrogens is 172 g/mol. The zero-order valence-corrected chi connectivity index (χ0v) is 9.15. The van der Waals surface area contributed by atoms with Gasteiger partial charge in [-0.2, -0.15) is 0 Å². The van der Waals surface area contributed by atoms with E-state index in [1.165, 1.54) is 16.8 Å². The Labute approximate surface area is 85.7 Å². The number of hydrogen-bond donors (Lipinski definition) is 2. The first-order valence-electron chi connectivity index (χ1n) is 5.16. The third-order valence-corrected chi connectivity index (χ3v) is 2.92. The van der Waals surface area contributed by atoms with Gasteiger partial charge in [0.15, 0.2) is 0 Å². The van der Waals surface area contributed by atoms with Crippen molar-refractivity contribution >= 4 is 5.69 Å². The van der Waals surface area contributed by atoms with Crippen LogP contribution in [0.4, 0.5) is 5.69 Å². The summed E-state index contributed by atoms with van der Waals surface area (Å²) >= 11 is 0. The standard InChI is InChI=1S/C12H18N2/c1-12(2)8-14-10-6-4-5-9(7-13-3)11(10)12/h4-6,13-14H,7-8H2,1-3H3. The lowest BCUT2D eigenvalue weighted by molar-refractivity contribution is 0.577. The van der Waals surface area contributed by atoms with E-state index in [0.717, 1.165) is 13.1 Å². The summed E-state index contributed by atoms with van der Waals surface area (Å²) in [6.45, 7) is 6.59. The van der Waals surface area contributed by atoms with Gasteiger partial charge in [0.2, 0.25) is 0 Å². The van der Waals surface area contributed by atoms with Crippen molar-refractivity contribution in [1.29, 1.82) is 0 Å². The Balaban J connectivity index is 2.49. The number of fused-ring (bicyclic) bond motifs is 1. The lowest BCUT2D eigenvalue weighted by Crippen LogP contribution is -2.21. The van der Waals surface area contributed by atoms with Gasteiger partial charge in [-0.05, 0) is 24.2 Å². The number of rotatable bonds is 2. The summed E-state index contributed by atoms with van der Waals surface area (Å²) in [6, 6.07) is 6.51. The summed E-state index contributed by atoms with van der Waals surface area (Å²) in [5.74, 6) is 0. The first-order valence-corrected chi connectivity index (χ1v) is 5.16. The molecule has 2 N–H and O–H groups in total. The van der Waals surface area contributed by atoms with Crippen molar-refractivity contribution in [1.82, 2.24) is 5.32 Å². The molecule has 0 spiro atoms. The fourth-order valence-corrected chi connectivity index (χ4v) is 2.29. The van der Waals surface area contributed by atoms with Crippen LogP contribution in [0.2, 0.25) is 0 Å². The van der Waals surface area contributed by atoms with Crippen molar-refractivity contribution in [2.45, 2.75) is 25.8 Å². The summed E-state index contributed by atoms with van der Waals surface area (Å²) in [6.07, 6.45) is 0. The van der Waals surface area contributed by atoms with Crippen molar-refractivity contribution in [3.05, 3.63) is 29.3 Å². The van der Waals surface area contributed by atoms with Crippen molar-refractivity contribution in [3.63, 3.8) is 0 Å². The summed E-state index contributed by atoms with van der Waals surface area (Å²) in [4.78, 5) is 0. The molecule has 1 aromatic carbocycles. The minimum Gasteiger partial charge on any atom is -0.384 e. The second-order valence-corrected chi connectivity index (χ2v) is 4.61. The van der Waals surface area contributed by atoms with E-state index in [4.69, 9.17) is 0 Å². The van der Waals surface area contributed by atoms with E-state index >= 15 is 0 Å². The maximum Gasteiger partial charge on any atom is 0.0382 e. The van der Waals surface area contributed by atoms with Gasteiger partial charge in [0, 0.05) is 24.2 Å². The molecule has 0 amide bonds. The Morgan fingerprint density at radius 1 is 1.43 bits per heavy atom. The van der Waals surface area contributed by atoms with Crippen LogP contribution in [-0.4, -0.2) is 13.6 Å². The Bertz CT molecular complexity index is 342. The number of hydrogen-bond acceptors (Lipinski definition) is 2. The molecule has 2 heteroatoms. The van der Waals surface area contributed by atoms with E-state index < -0.39 is 0 Å². The predicted molar refractivity (Wildman–Crippen MR) is 60.7 cm³/mol. The molecule has 0 atom stereocenters. The predicted octanol–water partition coefficient (Wildman–Crippen LogP) is 2.11. The van der Waals surface area contributed by atoms with Crippen molar-refractivity contribution < 1.29 is 0 Å². The molecular formula is C12H18N2. The molecule has 0 saturated heterocycles. The van der Waals surface area contributed by atoms with Crippen LogP contribution in [0.5, 0.6) is 0 Å². The quantitative estimate of drug-likeness (QED) is 0.746. The van der Waals surface area contributed by atoms with Crippen LogP contribution in [0.1, 0.15) is 25.0 Å². The molecule has 0 unspecified atom stereocenters. The van der Waals surface area contributed by atoms with Gasteiger partial charge < -0.3 is 10.6 Å². The highest BCUT2D eigenvalue weighted by Crippen LogP contribution is 2.38. The van der Waals surface area contributed by atoms with E-state index in [1.54, 1.807) is 0 Å². The number of anilines is 1. The van der Waals surface area contributed by atoms with Gasteiger partial charge in [-0.15, -0.1) is 0 Å². The highest BCUT2D eigenvalue weighted by atomic mass is 14.9. The van der Waals surface area contributed by atoms with Gasteiger partial charge in [0.1, 0.15) is 0 Å². The fourth-order valence-electron chi connectivity index (χ4n) is 2.29. The minimum atomic E-state index is 0.267. The van der Waals surface area contributed by atoms with Crippen LogP contribution >= 0.6 is 0 Å². The van der Waals surface area contributed by atoms with E-state index in [0.29, 0.717) is 0 Å². The van der Waals surface area contributed by atoms with Crippen molar-refractivity contribution in [2.24, 2.45) is 0 Å². The molecule has 1 heterocycles. The second-order valence-electron chi connectivity index (χ2n) is 4.61. The smallest absolute Gasteiger partial charge is 0.0382 e. The van der Waals surface area contributed by atoms with Gasteiger partial charge in [-0.25, -0.2) is 0 Å². The Hall–Kier alpha value is -1.02. The van der Waals surface area contributed by atoms with Crippen molar-refractivity contribution in [3.8, 4) is 0 Å². The molecule has 1 aromatic rings. The van der Waals surface area contributed by atoms with E-state index in [-0.39, 0.29) is 5.41 Å². The zero-order valence-electron chi connectivity index (χ0n) is 9.15. The number of benzene rings is 1. The summed E-state index contributed by atoms with van der Waals surface area (Å²) < 4.78 is 0. The topological polar surface area (TPSA) is 24.1 Å². The Morgan fingerprint density at radius 2 is 2.21 bits per heavy atom. The molecule has 0 radical (unpaired) electrons. The molecule has 0 aliphatic carbocycles. The van der Waals surface area contributed by atoms with Gasteiger partial charge in [0.25, 0.3) is 0 Å². The second kappa shape index (κ2) is 3.28. The molecule has 2 rings (SSSR count). The van der Waals surface area contributed by atoms with Crippen molar-refractivity contribution in [2.75, 3.05) is 18.9 Å². The van der Waals surface area contributed by atoms with Gasteiger partial charge in [0.05, 0.1) is 0 Å². The summed E-state index contributed by atoms with van der Waals surface area (Å²) in [7, 11) is 1.99. The highest BCUT2D eigenvalue weighted by molar-refractivity contribution is 5.62. The lowest BCUT2D eigenvalue weighted by atomic mass is 9.84. The van der Waals surface area contributed by atoms with Crippen LogP contribution in [0.25, 0.3) is 0 Å². The van der Waals surface area contributed by atoms with Crippen LogP contribution in [0.15, 0.2) is 18.2 Å². The third-order valence-electron chi connectivity index (χ3n) is 2.92. The first-order chi connectivity index (χ1) is 6.65. The molecule has 1 aliphatic heterocycles. The van der Waals surface area contributed by atoms with Crippen LogP contribution in [0, 0.1) is 0 Å². The average molecular weight is 190 g/mol. The van der Waals surface area contributed by atoms with Gasteiger partial charge in [-0.1, -0.05) is 26.0 Å².